The van der Waals surface area contributed by atoms with Crippen LogP contribution < -0.4 is 15.7 Å². The Labute approximate surface area is 189 Å². The summed E-state index contributed by atoms with van der Waals surface area (Å²) in [6.45, 7) is 3.74. The summed E-state index contributed by atoms with van der Waals surface area (Å²) in [5.41, 5.74) is 4.85. The highest BCUT2D eigenvalue weighted by Crippen LogP contribution is 2.13. The minimum Gasteiger partial charge on any atom is -0.489 e. The molecule has 1 amide bonds. The average Bonchev–Trinajstić information content (AvgIpc) is 3.23. The van der Waals surface area contributed by atoms with Crippen molar-refractivity contribution < 1.29 is 9.53 Å². The van der Waals surface area contributed by atoms with Gasteiger partial charge in [-0.1, -0.05) is 30.3 Å². The molecule has 0 saturated carbocycles. The number of nitrogens with zero attached hydrogens (tertiary/aromatic N) is 5. The van der Waals surface area contributed by atoms with E-state index in [1.807, 2.05) is 54.6 Å². The van der Waals surface area contributed by atoms with E-state index in [0.29, 0.717) is 12.3 Å². The van der Waals surface area contributed by atoms with E-state index in [1.165, 1.54) is 17.8 Å². The lowest BCUT2D eigenvalue weighted by Crippen LogP contribution is -2.24. The topological polar surface area (TPSA) is 127 Å². The van der Waals surface area contributed by atoms with Gasteiger partial charge in [0.2, 0.25) is 0 Å². The van der Waals surface area contributed by atoms with Crippen molar-refractivity contribution in [2.45, 2.75) is 20.5 Å². The van der Waals surface area contributed by atoms with E-state index < -0.39 is 11.5 Å². The second-order valence-electron chi connectivity index (χ2n) is 7.19. The van der Waals surface area contributed by atoms with Gasteiger partial charge in [-0.05, 0) is 55.3 Å². The van der Waals surface area contributed by atoms with Crippen LogP contribution >= 0.6 is 0 Å². The number of aromatic nitrogens is 5. The van der Waals surface area contributed by atoms with Crippen LogP contribution in [0.4, 0.5) is 0 Å². The Hall–Kier alpha value is -4.60. The monoisotopic (exact) mass is 443 g/mol. The fraction of sp³-hybridized carbons (Fsp3) is 0.130. The number of hydrogen-bond acceptors (Lipinski definition) is 7. The van der Waals surface area contributed by atoms with Crippen LogP contribution in [0.3, 0.4) is 0 Å². The van der Waals surface area contributed by atoms with Gasteiger partial charge < -0.3 is 4.74 Å². The molecule has 0 saturated heterocycles. The Morgan fingerprint density at radius 3 is 2.61 bits per heavy atom. The Balaban J connectivity index is 1.39. The molecule has 10 heteroatoms. The molecule has 0 bridgehead atoms. The van der Waals surface area contributed by atoms with Crippen molar-refractivity contribution in [3.05, 3.63) is 99.2 Å². The Morgan fingerprint density at radius 1 is 1.12 bits per heavy atom. The molecular weight excluding hydrogens is 422 g/mol. The molecule has 10 nitrogen and oxygen atoms in total. The summed E-state index contributed by atoms with van der Waals surface area (Å²) < 4.78 is 6.98. The number of hydrazone groups is 1. The van der Waals surface area contributed by atoms with Gasteiger partial charge in [0.25, 0.3) is 17.4 Å². The number of H-pyrrole nitrogens is 1. The molecule has 0 fully saturated rings. The zero-order chi connectivity index (χ0) is 23.2. The SMILES string of the molecule is Cc1cc(C(=O)N/N=C\c2ccc(OCc3ccccc3)cc2)n(-c2nnc(C)c(=O)[nH]2)n1. The van der Waals surface area contributed by atoms with Crippen molar-refractivity contribution in [2.75, 3.05) is 0 Å². The molecule has 2 aromatic carbocycles. The van der Waals surface area contributed by atoms with E-state index in [9.17, 15) is 9.59 Å². The van der Waals surface area contributed by atoms with E-state index in [-0.39, 0.29) is 17.3 Å². The molecule has 0 atom stereocenters. The first-order chi connectivity index (χ1) is 16.0. The highest BCUT2D eigenvalue weighted by molar-refractivity contribution is 5.93. The molecule has 0 spiro atoms. The van der Waals surface area contributed by atoms with Crippen molar-refractivity contribution >= 4 is 12.1 Å². The predicted molar refractivity (Wildman–Crippen MR) is 122 cm³/mol. The van der Waals surface area contributed by atoms with E-state index in [1.54, 1.807) is 13.0 Å². The number of nitrogens with one attached hydrogen (secondary N) is 2. The summed E-state index contributed by atoms with van der Waals surface area (Å²) in [5, 5.41) is 15.9. The van der Waals surface area contributed by atoms with Gasteiger partial charge in [-0.15, -0.1) is 10.2 Å². The van der Waals surface area contributed by atoms with Gasteiger partial charge in [0.05, 0.1) is 11.9 Å². The lowest BCUT2D eigenvalue weighted by molar-refractivity contribution is 0.0947. The van der Waals surface area contributed by atoms with Gasteiger partial charge >= 0.3 is 0 Å². The summed E-state index contributed by atoms with van der Waals surface area (Å²) in [6, 6.07) is 18.8. The molecule has 0 aliphatic rings. The highest BCUT2D eigenvalue weighted by Gasteiger charge is 2.17. The van der Waals surface area contributed by atoms with Gasteiger partial charge in [-0.2, -0.15) is 14.9 Å². The lowest BCUT2D eigenvalue weighted by Gasteiger charge is -2.06. The molecular formula is C23H21N7O3. The Morgan fingerprint density at radius 2 is 1.88 bits per heavy atom. The number of benzene rings is 2. The summed E-state index contributed by atoms with van der Waals surface area (Å²) in [6.07, 6.45) is 1.51. The highest BCUT2D eigenvalue weighted by atomic mass is 16.5. The summed E-state index contributed by atoms with van der Waals surface area (Å²) >= 11 is 0. The third-order valence-electron chi connectivity index (χ3n) is 4.62. The Bertz CT molecular complexity index is 1340. The quantitative estimate of drug-likeness (QED) is 0.333. The first-order valence-electron chi connectivity index (χ1n) is 10.1. The van der Waals surface area contributed by atoms with Crippen LogP contribution in [0.25, 0.3) is 5.95 Å². The molecule has 0 aliphatic carbocycles. The summed E-state index contributed by atoms with van der Waals surface area (Å²) in [4.78, 5) is 27.0. The molecule has 166 valence electrons. The maximum atomic E-state index is 12.6. The van der Waals surface area contributed by atoms with Crippen LogP contribution in [-0.2, 0) is 6.61 Å². The third-order valence-corrected chi connectivity index (χ3v) is 4.62. The molecule has 4 rings (SSSR count). The maximum absolute atomic E-state index is 12.6. The number of ether oxygens (including phenoxy) is 1. The number of carbonyl (C=O) groups is 1. The summed E-state index contributed by atoms with van der Waals surface area (Å²) in [7, 11) is 0. The zero-order valence-electron chi connectivity index (χ0n) is 18.0. The first kappa shape index (κ1) is 21.6. The first-order valence-corrected chi connectivity index (χ1v) is 10.1. The van der Waals surface area contributed by atoms with Crippen LogP contribution in [0.1, 0.15) is 33.0 Å². The number of rotatable bonds is 7. The van der Waals surface area contributed by atoms with Crippen LogP contribution in [0.2, 0.25) is 0 Å². The molecule has 0 unspecified atom stereocenters. The van der Waals surface area contributed by atoms with Crippen molar-refractivity contribution in [1.29, 1.82) is 0 Å². The predicted octanol–water partition coefficient (Wildman–Crippen LogP) is 2.31. The van der Waals surface area contributed by atoms with Crippen molar-refractivity contribution in [1.82, 2.24) is 30.4 Å². The Kier molecular flexibility index (Phi) is 6.35. The minimum absolute atomic E-state index is 0.0407. The maximum Gasteiger partial charge on any atom is 0.290 e. The van der Waals surface area contributed by atoms with E-state index in [4.69, 9.17) is 4.74 Å². The number of amides is 1. The van der Waals surface area contributed by atoms with E-state index in [2.05, 4.69) is 30.8 Å². The van der Waals surface area contributed by atoms with Gasteiger partial charge in [0.15, 0.2) is 0 Å². The fourth-order valence-electron chi connectivity index (χ4n) is 2.92. The van der Waals surface area contributed by atoms with Gasteiger partial charge in [-0.25, -0.2) is 5.43 Å². The van der Waals surface area contributed by atoms with Crippen LogP contribution in [0.15, 0.2) is 70.6 Å². The largest absolute Gasteiger partial charge is 0.489 e. The number of aromatic amines is 1. The van der Waals surface area contributed by atoms with E-state index >= 15 is 0 Å². The van der Waals surface area contributed by atoms with Crippen LogP contribution in [-0.4, -0.2) is 37.1 Å². The van der Waals surface area contributed by atoms with Crippen molar-refractivity contribution in [2.24, 2.45) is 5.10 Å². The molecule has 4 aromatic rings. The standard InChI is InChI=1S/C23H21N7O3/c1-15-12-20(30(29-15)23-25-21(31)16(2)26-28-23)22(32)27-24-13-17-8-10-19(11-9-17)33-14-18-6-4-3-5-7-18/h3-13H,14H2,1-2H3,(H,27,32)(H,25,28,31)/b24-13-. The normalized spacial score (nSPS) is 11.0. The molecule has 0 aliphatic heterocycles. The van der Waals surface area contributed by atoms with Gasteiger partial charge in [0.1, 0.15) is 23.7 Å². The molecule has 2 aromatic heterocycles. The van der Waals surface area contributed by atoms with Crippen LogP contribution in [0, 0.1) is 13.8 Å². The second kappa shape index (κ2) is 9.69. The molecule has 0 radical (unpaired) electrons. The van der Waals surface area contributed by atoms with Crippen LogP contribution in [0.5, 0.6) is 5.75 Å². The average molecular weight is 443 g/mol. The number of carbonyl (C=O) groups excluding carboxylic acids is 1. The van der Waals surface area contributed by atoms with Gasteiger partial charge in [0, 0.05) is 0 Å². The third kappa shape index (κ3) is 5.37. The van der Waals surface area contributed by atoms with Gasteiger partial charge in [-0.3, -0.25) is 14.6 Å². The molecule has 33 heavy (non-hydrogen) atoms. The minimum atomic E-state index is -0.516. The summed E-state index contributed by atoms with van der Waals surface area (Å²) in [5.74, 6) is 0.254. The molecule has 2 heterocycles. The second-order valence-corrected chi connectivity index (χ2v) is 7.19. The van der Waals surface area contributed by atoms with Crippen molar-refractivity contribution in [3.8, 4) is 11.7 Å². The smallest absolute Gasteiger partial charge is 0.290 e. The lowest BCUT2D eigenvalue weighted by atomic mass is 10.2. The zero-order valence-corrected chi connectivity index (χ0v) is 18.0. The van der Waals surface area contributed by atoms with E-state index in [0.717, 1.165) is 16.9 Å². The number of hydrogen-bond donors (Lipinski definition) is 2. The number of aryl methyl sites for hydroxylation is 2. The molecule has 2 N–H and O–H groups in total. The fourth-order valence-corrected chi connectivity index (χ4v) is 2.92. The van der Waals surface area contributed by atoms with Crippen molar-refractivity contribution in [3.63, 3.8) is 0 Å².